The van der Waals surface area contributed by atoms with Crippen LogP contribution in [0.25, 0.3) is 0 Å². The van der Waals surface area contributed by atoms with Gasteiger partial charge < -0.3 is 10.2 Å². The van der Waals surface area contributed by atoms with Crippen molar-refractivity contribution in [2.24, 2.45) is 0 Å². The van der Waals surface area contributed by atoms with E-state index in [-0.39, 0.29) is 12.5 Å². The third kappa shape index (κ3) is 8.32. The molecule has 0 aliphatic heterocycles. The smallest absolute Gasteiger partial charge is 0.244 e. The van der Waals surface area contributed by atoms with E-state index in [2.05, 4.69) is 21.2 Å². The Morgan fingerprint density at radius 2 is 1.73 bits per heavy atom. The third-order valence-corrected chi connectivity index (χ3v) is 6.59. The summed E-state index contributed by atoms with van der Waals surface area (Å²) in [5.74, 6) is -0.838. The van der Waals surface area contributed by atoms with Crippen molar-refractivity contribution in [3.8, 4) is 0 Å². The molecule has 180 valence electrons. The highest BCUT2D eigenvalue weighted by molar-refractivity contribution is 9.10. The molecule has 1 atom stereocenters. The van der Waals surface area contributed by atoms with Crippen molar-refractivity contribution in [3.05, 3.63) is 63.6 Å². The summed E-state index contributed by atoms with van der Waals surface area (Å²) in [5.41, 5.74) is 0.618. The van der Waals surface area contributed by atoms with E-state index in [0.29, 0.717) is 10.7 Å². The Hall–Kier alpha value is -2.10. The molecule has 2 amide bonds. The highest BCUT2D eigenvalue weighted by Crippen LogP contribution is 2.22. The number of benzene rings is 2. The number of rotatable bonds is 8. The molecule has 0 aliphatic carbocycles. The van der Waals surface area contributed by atoms with Crippen molar-refractivity contribution >= 4 is 55.1 Å². The maximum Gasteiger partial charge on any atom is 0.244 e. The zero-order valence-electron chi connectivity index (χ0n) is 19.3. The lowest BCUT2D eigenvalue weighted by Crippen LogP contribution is -2.54. The molecular formula is C23H29BrClN3O4S. The molecule has 0 radical (unpaired) electrons. The number of anilines is 1. The topological polar surface area (TPSA) is 86.8 Å². The van der Waals surface area contributed by atoms with Gasteiger partial charge in [-0.3, -0.25) is 13.9 Å². The maximum absolute atomic E-state index is 13.4. The number of nitrogens with zero attached hydrogens (tertiary/aromatic N) is 2. The van der Waals surface area contributed by atoms with Crippen LogP contribution in [0.3, 0.4) is 0 Å². The van der Waals surface area contributed by atoms with E-state index in [1.807, 2.05) is 45.0 Å². The summed E-state index contributed by atoms with van der Waals surface area (Å²) in [4.78, 5) is 27.7. The molecule has 0 spiro atoms. The molecule has 0 saturated carbocycles. The van der Waals surface area contributed by atoms with Crippen LogP contribution in [-0.2, 0) is 26.2 Å². The van der Waals surface area contributed by atoms with Crippen LogP contribution in [0.4, 0.5) is 5.69 Å². The normalized spacial score (nSPS) is 12.7. The average molecular weight is 559 g/mol. The fourth-order valence-electron chi connectivity index (χ4n) is 3.11. The minimum atomic E-state index is -3.78. The lowest BCUT2D eigenvalue weighted by molar-refractivity contribution is -0.140. The number of halogens is 2. The van der Waals surface area contributed by atoms with Crippen LogP contribution >= 0.6 is 27.5 Å². The Labute approximate surface area is 209 Å². The highest BCUT2D eigenvalue weighted by atomic mass is 79.9. The fourth-order valence-corrected chi connectivity index (χ4v) is 4.53. The monoisotopic (exact) mass is 557 g/mol. The van der Waals surface area contributed by atoms with Crippen LogP contribution in [-0.4, -0.2) is 49.5 Å². The van der Waals surface area contributed by atoms with Gasteiger partial charge in [-0.15, -0.1) is 0 Å². The predicted octanol–water partition coefficient (Wildman–Crippen LogP) is 4.20. The van der Waals surface area contributed by atoms with Crippen LogP contribution in [0.15, 0.2) is 53.0 Å². The molecule has 0 bridgehead atoms. The van der Waals surface area contributed by atoms with Gasteiger partial charge in [0.25, 0.3) is 0 Å². The van der Waals surface area contributed by atoms with E-state index in [9.17, 15) is 18.0 Å². The molecule has 2 aromatic carbocycles. The molecule has 0 aromatic heterocycles. The van der Waals surface area contributed by atoms with E-state index in [1.165, 1.54) is 17.0 Å². The van der Waals surface area contributed by atoms with Gasteiger partial charge in [0, 0.05) is 21.6 Å². The molecule has 33 heavy (non-hydrogen) atoms. The average Bonchev–Trinajstić information content (AvgIpc) is 2.68. The molecule has 7 nitrogen and oxygen atoms in total. The lowest BCUT2D eigenvalue weighted by atomic mass is 10.1. The van der Waals surface area contributed by atoms with Gasteiger partial charge in [-0.2, -0.15) is 0 Å². The minimum absolute atomic E-state index is 0.134. The van der Waals surface area contributed by atoms with Crippen molar-refractivity contribution in [2.75, 3.05) is 17.1 Å². The van der Waals surface area contributed by atoms with E-state index >= 15 is 0 Å². The van der Waals surface area contributed by atoms with Crippen LogP contribution in [0.2, 0.25) is 5.02 Å². The largest absolute Gasteiger partial charge is 0.350 e. The van der Waals surface area contributed by atoms with Gasteiger partial charge in [0.05, 0.1) is 11.9 Å². The maximum atomic E-state index is 13.4. The number of hydrogen-bond donors (Lipinski definition) is 1. The van der Waals surface area contributed by atoms with Gasteiger partial charge in [-0.1, -0.05) is 39.7 Å². The first-order valence-corrected chi connectivity index (χ1v) is 13.3. The summed E-state index contributed by atoms with van der Waals surface area (Å²) in [6.07, 6.45) is 1.03. The quantitative estimate of drug-likeness (QED) is 0.526. The standard InChI is InChI=1S/C23H29BrClN3O4S/c1-16(22(30)26-23(2,3)4)27(14-17-7-6-8-18(24)13-17)21(29)15-28(33(5,31)32)20-11-9-19(25)10-12-20/h6-13,16H,14-15H2,1-5H3,(H,26,30)/t16-/m1/s1. The minimum Gasteiger partial charge on any atom is -0.350 e. The number of sulfonamides is 1. The number of amides is 2. The van der Waals surface area contributed by atoms with E-state index in [1.54, 1.807) is 19.1 Å². The summed E-state index contributed by atoms with van der Waals surface area (Å²) in [7, 11) is -3.78. The fraction of sp³-hybridized carbons (Fsp3) is 0.391. The molecular weight excluding hydrogens is 530 g/mol. The Kier molecular flexibility index (Phi) is 8.95. The Morgan fingerprint density at radius 1 is 1.12 bits per heavy atom. The summed E-state index contributed by atoms with van der Waals surface area (Å²) in [6, 6.07) is 12.7. The summed E-state index contributed by atoms with van der Waals surface area (Å²) in [6.45, 7) is 6.86. The molecule has 10 heteroatoms. The van der Waals surface area contributed by atoms with E-state index in [0.717, 1.165) is 20.6 Å². The zero-order chi connectivity index (χ0) is 25.0. The first-order valence-electron chi connectivity index (χ1n) is 10.3. The Morgan fingerprint density at radius 3 is 2.24 bits per heavy atom. The molecule has 2 rings (SSSR count). The van der Waals surface area contributed by atoms with Crippen molar-refractivity contribution in [2.45, 2.75) is 45.8 Å². The second kappa shape index (κ2) is 10.9. The van der Waals surface area contributed by atoms with Crippen molar-refractivity contribution in [3.63, 3.8) is 0 Å². The number of nitrogens with one attached hydrogen (secondary N) is 1. The molecule has 2 aromatic rings. The number of hydrogen-bond acceptors (Lipinski definition) is 4. The summed E-state index contributed by atoms with van der Waals surface area (Å²) in [5, 5.41) is 3.33. The molecule has 0 fully saturated rings. The Balaban J connectivity index is 2.39. The molecule has 1 N–H and O–H groups in total. The van der Waals surface area contributed by atoms with Gasteiger partial charge in [0.15, 0.2) is 0 Å². The Bertz CT molecular complexity index is 1100. The lowest BCUT2D eigenvalue weighted by Gasteiger charge is -2.33. The number of carbonyl (C=O) groups excluding carboxylic acids is 2. The second-order valence-corrected chi connectivity index (χ2v) is 12.1. The zero-order valence-corrected chi connectivity index (χ0v) is 22.5. The third-order valence-electron chi connectivity index (χ3n) is 4.70. The molecule has 0 heterocycles. The highest BCUT2D eigenvalue weighted by Gasteiger charge is 2.31. The first kappa shape index (κ1) is 27.1. The SMILES string of the molecule is C[C@H](C(=O)NC(C)(C)C)N(Cc1cccc(Br)c1)C(=O)CN(c1ccc(Cl)cc1)S(C)(=O)=O. The van der Waals surface area contributed by atoms with Gasteiger partial charge in [0.2, 0.25) is 21.8 Å². The number of carbonyl (C=O) groups is 2. The van der Waals surface area contributed by atoms with Crippen molar-refractivity contribution in [1.29, 1.82) is 0 Å². The molecule has 0 aliphatic rings. The van der Waals surface area contributed by atoms with E-state index < -0.39 is 34.1 Å². The second-order valence-electron chi connectivity index (χ2n) is 8.81. The van der Waals surface area contributed by atoms with Gasteiger partial charge in [-0.25, -0.2) is 8.42 Å². The van der Waals surface area contributed by atoms with Crippen molar-refractivity contribution < 1.29 is 18.0 Å². The molecule has 0 unspecified atom stereocenters. The van der Waals surface area contributed by atoms with Crippen LogP contribution in [0.5, 0.6) is 0 Å². The molecule has 0 saturated heterocycles. The van der Waals surface area contributed by atoms with E-state index in [4.69, 9.17) is 11.6 Å². The van der Waals surface area contributed by atoms with Crippen LogP contribution in [0, 0.1) is 0 Å². The van der Waals surface area contributed by atoms with Gasteiger partial charge >= 0.3 is 0 Å². The van der Waals surface area contributed by atoms with Crippen LogP contribution in [0.1, 0.15) is 33.3 Å². The van der Waals surface area contributed by atoms with Crippen LogP contribution < -0.4 is 9.62 Å². The van der Waals surface area contributed by atoms with Gasteiger partial charge in [-0.05, 0) is 69.7 Å². The summed E-state index contributed by atoms with van der Waals surface area (Å²) < 4.78 is 26.9. The van der Waals surface area contributed by atoms with Gasteiger partial charge in [0.1, 0.15) is 12.6 Å². The van der Waals surface area contributed by atoms with Crippen molar-refractivity contribution in [1.82, 2.24) is 10.2 Å². The first-order chi connectivity index (χ1) is 15.2. The predicted molar refractivity (Wildman–Crippen MR) is 136 cm³/mol. The summed E-state index contributed by atoms with van der Waals surface area (Å²) >= 11 is 9.34.